The summed E-state index contributed by atoms with van der Waals surface area (Å²) >= 11 is 6.46. The van der Waals surface area contributed by atoms with E-state index in [1.54, 1.807) is 30.3 Å². The highest BCUT2D eigenvalue weighted by atomic mass is 32.2. The highest BCUT2D eigenvalue weighted by Gasteiger charge is 2.56. The van der Waals surface area contributed by atoms with Gasteiger partial charge in [-0.3, -0.25) is 28.9 Å². The fraction of sp³-hybridized carbons (Fsp3) is 0.440. The van der Waals surface area contributed by atoms with Crippen LogP contribution in [0.5, 0.6) is 5.75 Å². The Balaban J connectivity index is 2.07. The van der Waals surface area contributed by atoms with Crippen molar-refractivity contribution in [3.63, 3.8) is 0 Å². The van der Waals surface area contributed by atoms with Gasteiger partial charge in [0.2, 0.25) is 0 Å². The molecule has 0 aromatic heterocycles. The summed E-state index contributed by atoms with van der Waals surface area (Å²) in [4.78, 5) is 62.6. The molecule has 0 saturated carbocycles. The van der Waals surface area contributed by atoms with E-state index in [-0.39, 0.29) is 9.23 Å². The Kier molecular flexibility index (Phi) is 10.1. The van der Waals surface area contributed by atoms with Gasteiger partial charge in [-0.05, 0) is 12.1 Å². The molecule has 12 nitrogen and oxygen atoms in total. The number of nitrogens with zero attached hydrogens (tertiary/aromatic N) is 1. The summed E-state index contributed by atoms with van der Waals surface area (Å²) in [7, 11) is 1.50. The topological polar surface area (TPSA) is 144 Å². The zero-order valence-corrected chi connectivity index (χ0v) is 23.4. The van der Waals surface area contributed by atoms with Crippen molar-refractivity contribution in [2.45, 2.75) is 58.3 Å². The average Bonchev–Trinajstić information content (AvgIpc) is 3.12. The van der Waals surface area contributed by atoms with E-state index in [1.165, 1.54) is 7.11 Å². The van der Waals surface area contributed by atoms with E-state index in [0.29, 0.717) is 11.3 Å². The summed E-state index contributed by atoms with van der Waals surface area (Å²) < 4.78 is 32.8. The van der Waals surface area contributed by atoms with Crippen LogP contribution in [0.15, 0.2) is 29.2 Å². The molecule has 2 aliphatic heterocycles. The standard InChI is InChI=1S/C25H27NO11S2/c1-12(27)33-11-18-20(34-13(2)28)21(35-14(3)29)22(36-15(4)30)24(37-18)26-23(31)19(39-25(26)38)10-16-8-6-7-9-17(16)32-5/h6-10,18,20-22,24H,11H2,1-5H3/b19-10+/t18-,20+,21-,22-,24+/m0/s1. The number of hydrogen-bond donors (Lipinski definition) is 0. The van der Waals surface area contributed by atoms with Crippen LogP contribution < -0.4 is 4.74 Å². The molecule has 1 aromatic carbocycles. The van der Waals surface area contributed by atoms with E-state index in [1.807, 2.05) is 0 Å². The van der Waals surface area contributed by atoms with E-state index in [9.17, 15) is 24.0 Å². The Labute approximate surface area is 233 Å². The second-order valence-electron chi connectivity index (χ2n) is 8.38. The van der Waals surface area contributed by atoms with Crippen LogP contribution in [-0.4, -0.2) is 83.4 Å². The molecule has 0 radical (unpaired) electrons. The van der Waals surface area contributed by atoms with Gasteiger partial charge in [0.15, 0.2) is 28.9 Å². The second-order valence-corrected chi connectivity index (χ2v) is 10.1. The molecule has 210 valence electrons. The van der Waals surface area contributed by atoms with Gasteiger partial charge in [-0.2, -0.15) is 0 Å². The number of benzene rings is 1. The highest BCUT2D eigenvalue weighted by Crippen LogP contribution is 2.40. The maximum Gasteiger partial charge on any atom is 0.303 e. The van der Waals surface area contributed by atoms with E-state index in [4.69, 9.17) is 40.6 Å². The largest absolute Gasteiger partial charge is 0.496 e. The van der Waals surface area contributed by atoms with Crippen LogP contribution >= 0.6 is 24.0 Å². The van der Waals surface area contributed by atoms with Crippen molar-refractivity contribution in [2.75, 3.05) is 13.7 Å². The Bertz CT molecular complexity index is 1200. The lowest BCUT2D eigenvalue weighted by atomic mass is 9.96. The average molecular weight is 582 g/mol. The summed E-state index contributed by atoms with van der Waals surface area (Å²) in [6.45, 7) is 4.07. The van der Waals surface area contributed by atoms with Gasteiger partial charge < -0.3 is 28.4 Å². The fourth-order valence-electron chi connectivity index (χ4n) is 4.04. The maximum atomic E-state index is 13.6. The predicted octanol–water partition coefficient (Wildman–Crippen LogP) is 1.98. The van der Waals surface area contributed by atoms with Crippen LogP contribution in [0.2, 0.25) is 0 Å². The zero-order chi connectivity index (χ0) is 28.9. The van der Waals surface area contributed by atoms with Crippen LogP contribution in [0.1, 0.15) is 33.3 Å². The minimum absolute atomic E-state index is 0.0575. The summed E-state index contributed by atoms with van der Waals surface area (Å²) in [5.41, 5.74) is 0.613. The smallest absolute Gasteiger partial charge is 0.303 e. The van der Waals surface area contributed by atoms with Crippen molar-refractivity contribution in [2.24, 2.45) is 0 Å². The first kappa shape index (κ1) is 30.1. The predicted molar refractivity (Wildman–Crippen MR) is 140 cm³/mol. The van der Waals surface area contributed by atoms with Crippen molar-refractivity contribution in [1.82, 2.24) is 4.90 Å². The summed E-state index contributed by atoms with van der Waals surface area (Å²) in [6.07, 6.45) is -5.31. The first-order valence-electron chi connectivity index (χ1n) is 11.6. The first-order chi connectivity index (χ1) is 18.4. The second kappa shape index (κ2) is 13.0. The Morgan fingerprint density at radius 1 is 0.949 bits per heavy atom. The SMILES string of the molecule is COc1ccccc1/C=C1/SC(=S)N([C@@H]2O[C@@H](COC(C)=O)[C@@H](OC(C)=O)[C@H](OC(C)=O)[C@@H]2OC(C)=O)C1=O. The fourth-order valence-corrected chi connectivity index (χ4v) is 5.34. The first-order valence-corrected chi connectivity index (χ1v) is 12.9. The number of carbonyl (C=O) groups excluding carboxylic acids is 5. The van der Waals surface area contributed by atoms with Crippen LogP contribution in [-0.2, 0) is 47.7 Å². The van der Waals surface area contributed by atoms with E-state index in [0.717, 1.165) is 44.4 Å². The lowest BCUT2D eigenvalue weighted by Gasteiger charge is -2.46. The lowest BCUT2D eigenvalue weighted by Crippen LogP contribution is -2.66. The molecule has 39 heavy (non-hydrogen) atoms. The van der Waals surface area contributed by atoms with E-state index >= 15 is 0 Å². The molecule has 2 fully saturated rings. The number of ether oxygens (including phenoxy) is 6. The van der Waals surface area contributed by atoms with E-state index < -0.39 is 67.0 Å². The van der Waals surface area contributed by atoms with E-state index in [2.05, 4.69) is 0 Å². The summed E-state index contributed by atoms with van der Waals surface area (Å²) in [5.74, 6) is -3.07. The molecule has 0 unspecified atom stereocenters. The molecular formula is C25H27NO11S2. The molecule has 0 N–H and O–H groups in total. The molecule has 1 aromatic rings. The monoisotopic (exact) mass is 581 g/mol. The number of esters is 4. The van der Waals surface area contributed by atoms with Gasteiger partial charge in [0.25, 0.3) is 5.91 Å². The number of carbonyl (C=O) groups is 5. The third-order valence-electron chi connectivity index (χ3n) is 5.47. The van der Waals surface area contributed by atoms with Crippen molar-refractivity contribution < 1.29 is 52.4 Å². The van der Waals surface area contributed by atoms with Crippen molar-refractivity contribution >= 4 is 64.2 Å². The number of para-hydroxylation sites is 1. The van der Waals surface area contributed by atoms with Crippen molar-refractivity contribution in [1.29, 1.82) is 0 Å². The van der Waals surface area contributed by atoms with Gasteiger partial charge in [0.05, 0.1) is 12.0 Å². The molecule has 0 aliphatic carbocycles. The normalized spacial score (nSPS) is 25.7. The van der Waals surface area contributed by atoms with Gasteiger partial charge in [0, 0.05) is 33.3 Å². The van der Waals surface area contributed by atoms with Gasteiger partial charge in [-0.15, -0.1) is 0 Å². The van der Waals surface area contributed by atoms with Gasteiger partial charge in [-0.25, -0.2) is 0 Å². The van der Waals surface area contributed by atoms with Gasteiger partial charge in [0.1, 0.15) is 18.5 Å². The molecule has 0 bridgehead atoms. The maximum absolute atomic E-state index is 13.6. The minimum Gasteiger partial charge on any atom is -0.496 e. The van der Waals surface area contributed by atoms with Gasteiger partial charge >= 0.3 is 23.9 Å². The van der Waals surface area contributed by atoms with Crippen LogP contribution in [0.3, 0.4) is 0 Å². The number of methoxy groups -OCH3 is 1. The van der Waals surface area contributed by atoms with Gasteiger partial charge in [-0.1, -0.05) is 42.2 Å². The van der Waals surface area contributed by atoms with Crippen LogP contribution in [0, 0.1) is 0 Å². The molecule has 1 amide bonds. The third kappa shape index (κ3) is 7.34. The number of thioether (sulfide) groups is 1. The molecular weight excluding hydrogens is 554 g/mol. The molecule has 3 rings (SSSR count). The molecule has 14 heteroatoms. The third-order valence-corrected chi connectivity index (χ3v) is 6.80. The number of hydrogen-bond acceptors (Lipinski definition) is 13. The quantitative estimate of drug-likeness (QED) is 0.191. The minimum atomic E-state index is -1.46. The molecule has 2 saturated heterocycles. The Morgan fingerprint density at radius 2 is 1.54 bits per heavy atom. The molecule has 2 aliphatic rings. The summed E-state index contributed by atoms with van der Waals surface area (Å²) in [6, 6.07) is 7.03. The van der Waals surface area contributed by atoms with Crippen LogP contribution in [0.25, 0.3) is 6.08 Å². The number of rotatable bonds is 8. The number of thiocarbonyl (C=S) groups is 1. The van der Waals surface area contributed by atoms with Crippen LogP contribution in [0.4, 0.5) is 0 Å². The molecule has 2 heterocycles. The van der Waals surface area contributed by atoms with Crippen molar-refractivity contribution in [3.05, 3.63) is 34.7 Å². The molecule has 5 atom stereocenters. The number of amides is 1. The lowest BCUT2D eigenvalue weighted by molar-refractivity contribution is -0.268. The highest BCUT2D eigenvalue weighted by molar-refractivity contribution is 8.26. The Morgan fingerprint density at radius 3 is 2.13 bits per heavy atom. The summed E-state index contributed by atoms with van der Waals surface area (Å²) in [5, 5.41) is 0. The Hall–Kier alpha value is -3.49. The van der Waals surface area contributed by atoms with Crippen molar-refractivity contribution in [3.8, 4) is 5.75 Å². The molecule has 0 spiro atoms. The zero-order valence-electron chi connectivity index (χ0n) is 21.7.